The Morgan fingerprint density at radius 1 is 1.20 bits per heavy atom. The van der Waals surface area contributed by atoms with Crippen LogP contribution in [0.3, 0.4) is 0 Å². The molecule has 2 aromatic rings. The van der Waals surface area contributed by atoms with Gasteiger partial charge in [-0.05, 0) is 19.9 Å². The number of hydrogen-bond donors (Lipinski definition) is 1. The molecule has 2 N–H and O–H groups in total. The summed E-state index contributed by atoms with van der Waals surface area (Å²) in [5.41, 5.74) is 7.25. The fourth-order valence-electron chi connectivity index (χ4n) is 3.41. The summed E-state index contributed by atoms with van der Waals surface area (Å²) in [6.07, 6.45) is 0. The molecule has 0 amide bonds. The fourth-order valence-corrected chi connectivity index (χ4v) is 4.62. The Bertz CT molecular complexity index is 1070. The van der Waals surface area contributed by atoms with E-state index in [0.29, 0.717) is 43.9 Å². The van der Waals surface area contributed by atoms with E-state index in [-0.39, 0.29) is 18.1 Å². The average molecular weight is 430 g/mol. The van der Waals surface area contributed by atoms with E-state index in [4.69, 9.17) is 29.4 Å². The maximum absolute atomic E-state index is 12.5. The monoisotopic (exact) mass is 430 g/mol. The topological polar surface area (TPSA) is 113 Å². The molecule has 30 heavy (non-hydrogen) atoms. The Morgan fingerprint density at radius 2 is 1.83 bits per heavy atom. The number of hydrogen-bond acceptors (Lipinski definition) is 9. The van der Waals surface area contributed by atoms with E-state index in [1.165, 1.54) is 32.7 Å². The smallest absolute Gasteiger partial charge is 0.343 e. The third-order valence-corrected chi connectivity index (χ3v) is 5.89. The largest absolute Gasteiger partial charge is 0.496 e. The van der Waals surface area contributed by atoms with Crippen LogP contribution in [0.4, 0.5) is 0 Å². The summed E-state index contributed by atoms with van der Waals surface area (Å²) < 4.78 is 27.3. The molecule has 0 saturated carbocycles. The molecule has 0 bridgehead atoms. The lowest BCUT2D eigenvalue weighted by atomic mass is 9.87. The van der Waals surface area contributed by atoms with Crippen LogP contribution in [0.25, 0.3) is 0 Å². The van der Waals surface area contributed by atoms with Gasteiger partial charge in [-0.25, -0.2) is 4.79 Å². The predicted octanol–water partition coefficient (Wildman–Crippen LogP) is 3.48. The molecule has 2 heterocycles. The normalized spacial score (nSPS) is 15.0. The molecule has 9 heteroatoms. The molecular formula is C21H22N2O6S. The van der Waals surface area contributed by atoms with E-state index in [9.17, 15) is 10.1 Å². The molecule has 1 aliphatic heterocycles. The maximum Gasteiger partial charge on any atom is 0.343 e. The van der Waals surface area contributed by atoms with Gasteiger partial charge in [-0.2, -0.15) is 5.26 Å². The Hall–Kier alpha value is -3.38. The van der Waals surface area contributed by atoms with Crippen LogP contribution in [0.15, 0.2) is 23.6 Å². The van der Waals surface area contributed by atoms with Crippen molar-refractivity contribution in [1.82, 2.24) is 0 Å². The van der Waals surface area contributed by atoms with Gasteiger partial charge in [0.2, 0.25) is 5.88 Å². The molecule has 1 aromatic heterocycles. The molecule has 1 aliphatic rings. The third-order valence-electron chi connectivity index (χ3n) is 4.74. The summed E-state index contributed by atoms with van der Waals surface area (Å²) >= 11 is 1.34. The molecule has 3 rings (SSSR count). The number of ether oxygens (including phenoxy) is 5. The molecule has 0 fully saturated rings. The maximum atomic E-state index is 12.5. The summed E-state index contributed by atoms with van der Waals surface area (Å²) in [5, 5.41) is 9.83. The van der Waals surface area contributed by atoms with Gasteiger partial charge in [-0.1, -0.05) is 0 Å². The fraction of sp³-hybridized carbons (Fsp3) is 0.333. The number of thiophene rings is 1. The molecule has 0 saturated heterocycles. The van der Waals surface area contributed by atoms with Crippen molar-refractivity contribution in [2.24, 2.45) is 5.73 Å². The second kappa shape index (κ2) is 8.55. The van der Waals surface area contributed by atoms with Gasteiger partial charge in [0.1, 0.15) is 23.0 Å². The van der Waals surface area contributed by atoms with Crippen LogP contribution >= 0.6 is 11.3 Å². The van der Waals surface area contributed by atoms with E-state index < -0.39 is 11.9 Å². The average Bonchev–Trinajstić information content (AvgIpc) is 3.07. The molecule has 0 unspecified atom stereocenters. The van der Waals surface area contributed by atoms with Crippen molar-refractivity contribution in [3.63, 3.8) is 0 Å². The molecule has 0 spiro atoms. The first-order chi connectivity index (χ1) is 14.4. The Labute approximate surface area is 178 Å². The van der Waals surface area contributed by atoms with E-state index in [2.05, 4.69) is 6.07 Å². The number of esters is 1. The number of nitrogens with two attached hydrogens (primary N) is 1. The molecule has 0 aliphatic carbocycles. The number of nitriles is 1. The van der Waals surface area contributed by atoms with Crippen molar-refractivity contribution < 1.29 is 28.5 Å². The lowest BCUT2D eigenvalue weighted by molar-refractivity contribution is 0.0522. The van der Waals surface area contributed by atoms with Crippen LogP contribution in [0.5, 0.6) is 23.0 Å². The Kier molecular flexibility index (Phi) is 6.08. The number of carbonyl (C=O) groups is 1. The van der Waals surface area contributed by atoms with Crippen molar-refractivity contribution in [3.8, 4) is 29.1 Å². The zero-order chi connectivity index (χ0) is 22.0. The van der Waals surface area contributed by atoms with E-state index in [0.717, 1.165) is 0 Å². The SMILES string of the molecule is CCOC(=O)c1c(C)sc2c1OC(N)=C(C#N)[C@H]2c1cc(OC)c(OC)cc1OC. The lowest BCUT2D eigenvalue weighted by Crippen LogP contribution is -2.21. The number of nitrogens with zero attached hydrogens (tertiary/aromatic N) is 1. The summed E-state index contributed by atoms with van der Waals surface area (Å²) in [4.78, 5) is 13.9. The van der Waals surface area contributed by atoms with Gasteiger partial charge in [0.05, 0.1) is 38.7 Å². The van der Waals surface area contributed by atoms with Gasteiger partial charge < -0.3 is 29.4 Å². The van der Waals surface area contributed by atoms with Gasteiger partial charge in [0, 0.05) is 16.5 Å². The minimum atomic E-state index is -0.611. The number of rotatable bonds is 6. The van der Waals surface area contributed by atoms with Crippen molar-refractivity contribution in [3.05, 3.63) is 44.5 Å². The first-order valence-corrected chi connectivity index (χ1v) is 9.91. The number of carbonyl (C=O) groups excluding carboxylic acids is 1. The van der Waals surface area contributed by atoms with E-state index in [1.807, 2.05) is 0 Å². The molecule has 158 valence electrons. The zero-order valence-electron chi connectivity index (χ0n) is 17.3. The van der Waals surface area contributed by atoms with Crippen LogP contribution in [-0.2, 0) is 4.74 Å². The second-order valence-electron chi connectivity index (χ2n) is 6.32. The highest BCUT2D eigenvalue weighted by Crippen LogP contribution is 2.52. The highest BCUT2D eigenvalue weighted by Gasteiger charge is 2.39. The van der Waals surface area contributed by atoms with Crippen molar-refractivity contribution in [2.45, 2.75) is 19.8 Å². The van der Waals surface area contributed by atoms with Crippen molar-refractivity contribution >= 4 is 17.3 Å². The quantitative estimate of drug-likeness (QED) is 0.693. The molecule has 1 atom stereocenters. The zero-order valence-corrected chi connectivity index (χ0v) is 18.1. The molecule has 0 radical (unpaired) electrons. The molecular weight excluding hydrogens is 408 g/mol. The second-order valence-corrected chi connectivity index (χ2v) is 7.58. The first-order valence-electron chi connectivity index (χ1n) is 9.09. The van der Waals surface area contributed by atoms with E-state index in [1.54, 1.807) is 26.0 Å². The number of benzene rings is 1. The molecule has 8 nitrogen and oxygen atoms in total. The number of allylic oxidation sites excluding steroid dienone is 1. The number of methoxy groups -OCH3 is 3. The van der Waals surface area contributed by atoms with Crippen LogP contribution in [0.1, 0.15) is 38.5 Å². The summed E-state index contributed by atoms with van der Waals surface area (Å²) in [6.45, 7) is 3.75. The standard InChI is InChI=1S/C21H22N2O6S/c1-6-28-21(24)16-10(2)30-19-17(12(9-22)20(23)29-18(16)19)11-7-14(26-4)15(27-5)8-13(11)25-3/h7-8,17H,6,23H2,1-5H3/t17-/m1/s1. The summed E-state index contributed by atoms with van der Waals surface area (Å²) in [5.74, 6) is 0.546. The highest BCUT2D eigenvalue weighted by molar-refractivity contribution is 7.12. The molecule has 1 aromatic carbocycles. The van der Waals surface area contributed by atoms with Gasteiger partial charge in [0.15, 0.2) is 17.2 Å². The van der Waals surface area contributed by atoms with Gasteiger partial charge in [0.25, 0.3) is 0 Å². The minimum Gasteiger partial charge on any atom is -0.496 e. The summed E-state index contributed by atoms with van der Waals surface area (Å²) in [6, 6.07) is 5.56. The highest BCUT2D eigenvalue weighted by atomic mass is 32.1. The van der Waals surface area contributed by atoms with Gasteiger partial charge in [-0.3, -0.25) is 0 Å². The lowest BCUT2D eigenvalue weighted by Gasteiger charge is -2.26. The van der Waals surface area contributed by atoms with Crippen LogP contribution < -0.4 is 24.7 Å². The Morgan fingerprint density at radius 3 is 2.40 bits per heavy atom. The minimum absolute atomic E-state index is 0.0739. The van der Waals surface area contributed by atoms with Crippen molar-refractivity contribution in [1.29, 1.82) is 5.26 Å². The van der Waals surface area contributed by atoms with Gasteiger partial charge in [-0.15, -0.1) is 11.3 Å². The third kappa shape index (κ3) is 3.39. The van der Waals surface area contributed by atoms with E-state index >= 15 is 0 Å². The van der Waals surface area contributed by atoms with Crippen LogP contribution in [-0.4, -0.2) is 33.9 Å². The number of aryl methyl sites for hydroxylation is 1. The number of fused-ring (bicyclic) bond motifs is 1. The van der Waals surface area contributed by atoms with Gasteiger partial charge >= 0.3 is 5.97 Å². The first kappa shape index (κ1) is 21.3. The Balaban J connectivity index is 2.30. The summed E-state index contributed by atoms with van der Waals surface area (Å²) in [7, 11) is 4.57. The van der Waals surface area contributed by atoms with Crippen molar-refractivity contribution in [2.75, 3.05) is 27.9 Å². The van der Waals surface area contributed by atoms with Crippen LogP contribution in [0.2, 0.25) is 0 Å². The predicted molar refractivity (Wildman–Crippen MR) is 110 cm³/mol. The van der Waals surface area contributed by atoms with Crippen LogP contribution in [0, 0.1) is 18.3 Å².